The lowest BCUT2D eigenvalue weighted by molar-refractivity contribution is -0.132. The molecular weight excluding hydrogens is 288 g/mol. The van der Waals surface area contributed by atoms with Crippen molar-refractivity contribution in [3.05, 3.63) is 59.7 Å². The minimum absolute atomic E-state index is 0.155. The highest BCUT2D eigenvalue weighted by Gasteiger charge is 2.62. The summed E-state index contributed by atoms with van der Waals surface area (Å²) >= 11 is 0. The van der Waals surface area contributed by atoms with E-state index >= 15 is 0 Å². The third-order valence-electron chi connectivity index (χ3n) is 4.96. The molecule has 4 rings (SSSR count). The van der Waals surface area contributed by atoms with Gasteiger partial charge in [-0.2, -0.15) is 0 Å². The summed E-state index contributed by atoms with van der Waals surface area (Å²) in [7, 11) is 1.72. The molecule has 2 aliphatic rings. The summed E-state index contributed by atoms with van der Waals surface area (Å²) in [6, 6.07) is 15.3. The average molecular weight is 306 g/mol. The summed E-state index contributed by atoms with van der Waals surface area (Å²) in [5.74, 6) is -0.155. The molecule has 0 bridgehead atoms. The van der Waals surface area contributed by atoms with Gasteiger partial charge >= 0.3 is 6.03 Å². The molecule has 23 heavy (non-hydrogen) atoms. The van der Waals surface area contributed by atoms with Crippen LogP contribution in [0.4, 0.5) is 4.79 Å². The van der Waals surface area contributed by atoms with Gasteiger partial charge in [-0.25, -0.2) is 4.79 Å². The van der Waals surface area contributed by atoms with Gasteiger partial charge in [0.1, 0.15) is 0 Å². The number of rotatable bonds is 1. The van der Waals surface area contributed by atoms with Gasteiger partial charge in [0.15, 0.2) is 5.54 Å². The maximum atomic E-state index is 13.4. The maximum Gasteiger partial charge on any atom is 0.328 e. The molecule has 4 heteroatoms. The Morgan fingerprint density at radius 2 is 1.35 bits per heavy atom. The molecule has 1 aliphatic carbocycles. The molecule has 116 valence electrons. The number of hydrogen-bond acceptors (Lipinski definition) is 2. The smallest absolute Gasteiger partial charge is 0.305 e. The van der Waals surface area contributed by atoms with Gasteiger partial charge in [-0.05, 0) is 36.1 Å². The quantitative estimate of drug-likeness (QED) is 0.759. The largest absolute Gasteiger partial charge is 0.328 e. The lowest BCUT2D eigenvalue weighted by atomic mass is 9.86. The zero-order chi connectivity index (χ0) is 16.4. The van der Waals surface area contributed by atoms with E-state index in [0.717, 1.165) is 22.3 Å². The molecule has 1 aliphatic heterocycles. The van der Waals surface area contributed by atoms with Crippen molar-refractivity contribution in [2.45, 2.75) is 25.4 Å². The van der Waals surface area contributed by atoms with Crippen LogP contribution in [0.2, 0.25) is 0 Å². The van der Waals surface area contributed by atoms with Gasteiger partial charge in [-0.1, -0.05) is 48.5 Å². The van der Waals surface area contributed by atoms with Gasteiger partial charge < -0.3 is 4.90 Å². The van der Waals surface area contributed by atoms with Crippen molar-refractivity contribution in [3.8, 4) is 11.1 Å². The molecule has 4 nitrogen and oxygen atoms in total. The highest BCUT2D eigenvalue weighted by molar-refractivity contribution is 6.13. The van der Waals surface area contributed by atoms with E-state index in [0.29, 0.717) is 0 Å². The van der Waals surface area contributed by atoms with Crippen molar-refractivity contribution in [2.24, 2.45) is 0 Å². The summed E-state index contributed by atoms with van der Waals surface area (Å²) in [4.78, 5) is 29.1. The number of hydrogen-bond donors (Lipinski definition) is 0. The molecule has 0 atom stereocenters. The van der Waals surface area contributed by atoms with Crippen molar-refractivity contribution < 1.29 is 9.59 Å². The molecule has 3 amide bonds. The monoisotopic (exact) mass is 306 g/mol. The van der Waals surface area contributed by atoms with Gasteiger partial charge in [0.05, 0.1) is 0 Å². The first kappa shape index (κ1) is 14.0. The zero-order valence-corrected chi connectivity index (χ0v) is 13.4. The third-order valence-corrected chi connectivity index (χ3v) is 4.96. The average Bonchev–Trinajstić information content (AvgIpc) is 2.95. The van der Waals surface area contributed by atoms with E-state index in [9.17, 15) is 9.59 Å². The molecule has 1 saturated heterocycles. The fourth-order valence-corrected chi connectivity index (χ4v) is 3.97. The van der Waals surface area contributed by atoms with E-state index in [1.54, 1.807) is 11.9 Å². The Bertz CT molecular complexity index is 795. The van der Waals surface area contributed by atoms with E-state index < -0.39 is 5.54 Å². The predicted molar refractivity (Wildman–Crippen MR) is 87.8 cm³/mol. The zero-order valence-electron chi connectivity index (χ0n) is 13.4. The van der Waals surface area contributed by atoms with Crippen LogP contribution in [0.1, 0.15) is 25.0 Å². The minimum Gasteiger partial charge on any atom is -0.305 e. The van der Waals surface area contributed by atoms with Crippen molar-refractivity contribution in [3.63, 3.8) is 0 Å². The van der Waals surface area contributed by atoms with Crippen LogP contribution in [0.5, 0.6) is 0 Å². The van der Waals surface area contributed by atoms with Crippen LogP contribution in [0.15, 0.2) is 48.5 Å². The Balaban J connectivity index is 2.09. The molecule has 2 aromatic carbocycles. The van der Waals surface area contributed by atoms with Crippen LogP contribution >= 0.6 is 0 Å². The van der Waals surface area contributed by atoms with Crippen molar-refractivity contribution >= 4 is 11.9 Å². The summed E-state index contributed by atoms with van der Waals surface area (Å²) < 4.78 is 0. The van der Waals surface area contributed by atoms with E-state index in [1.165, 1.54) is 4.90 Å². The summed E-state index contributed by atoms with van der Waals surface area (Å²) in [6.45, 7) is 3.74. The summed E-state index contributed by atoms with van der Waals surface area (Å²) in [5.41, 5.74) is 2.81. The lowest BCUT2D eigenvalue weighted by Crippen LogP contribution is -2.45. The Kier molecular flexibility index (Phi) is 2.71. The van der Waals surface area contributed by atoms with Crippen LogP contribution < -0.4 is 0 Å². The van der Waals surface area contributed by atoms with E-state index in [4.69, 9.17) is 0 Å². The fourth-order valence-electron chi connectivity index (χ4n) is 3.97. The fraction of sp³-hybridized carbons (Fsp3) is 0.263. The molecule has 0 radical (unpaired) electrons. The molecule has 1 heterocycles. The number of imide groups is 1. The summed E-state index contributed by atoms with van der Waals surface area (Å²) in [5, 5.41) is 0. The molecule has 2 aromatic rings. The number of carbonyl (C=O) groups excluding carboxylic acids is 2. The Morgan fingerprint density at radius 3 is 1.78 bits per heavy atom. The van der Waals surface area contributed by atoms with Crippen LogP contribution in [0.3, 0.4) is 0 Å². The first-order valence-corrected chi connectivity index (χ1v) is 7.82. The number of likely N-dealkylation sites (N-methyl/N-ethyl adjacent to an activating group) is 1. The van der Waals surface area contributed by atoms with Gasteiger partial charge in [0, 0.05) is 13.1 Å². The maximum absolute atomic E-state index is 13.4. The normalized spacial score (nSPS) is 18.1. The first-order valence-electron chi connectivity index (χ1n) is 7.82. The molecule has 1 spiro atoms. The highest BCUT2D eigenvalue weighted by Crippen LogP contribution is 2.53. The Morgan fingerprint density at radius 1 is 0.870 bits per heavy atom. The number of amides is 3. The van der Waals surface area contributed by atoms with Gasteiger partial charge in [0.25, 0.3) is 5.91 Å². The van der Waals surface area contributed by atoms with Gasteiger partial charge in [-0.3, -0.25) is 9.69 Å². The molecule has 0 N–H and O–H groups in total. The second-order valence-corrected chi connectivity index (χ2v) is 6.41. The summed E-state index contributed by atoms with van der Waals surface area (Å²) in [6.07, 6.45) is 0. The predicted octanol–water partition coefficient (Wildman–Crippen LogP) is 3.21. The third kappa shape index (κ3) is 1.46. The van der Waals surface area contributed by atoms with E-state index in [-0.39, 0.29) is 18.0 Å². The molecule has 0 unspecified atom stereocenters. The number of urea groups is 1. The Hall–Kier alpha value is -2.62. The second-order valence-electron chi connectivity index (χ2n) is 6.41. The minimum atomic E-state index is -1.03. The van der Waals surface area contributed by atoms with Crippen LogP contribution in [0.25, 0.3) is 11.1 Å². The second kappa shape index (κ2) is 4.44. The number of benzene rings is 2. The van der Waals surface area contributed by atoms with Gasteiger partial charge in [-0.15, -0.1) is 0 Å². The van der Waals surface area contributed by atoms with Crippen LogP contribution in [-0.2, 0) is 10.3 Å². The van der Waals surface area contributed by atoms with Crippen LogP contribution in [0, 0.1) is 0 Å². The number of nitrogens with zero attached hydrogens (tertiary/aromatic N) is 2. The standard InChI is InChI=1S/C19H18N2O2/c1-12(2)21-17(22)19(20(3)18(21)23)15-10-6-4-8-13(15)14-9-5-7-11-16(14)19/h4-12H,1-3H3. The topological polar surface area (TPSA) is 40.6 Å². The van der Waals surface area contributed by atoms with Crippen LogP contribution in [-0.4, -0.2) is 34.8 Å². The van der Waals surface area contributed by atoms with Gasteiger partial charge in [0.2, 0.25) is 0 Å². The van der Waals surface area contributed by atoms with E-state index in [1.807, 2.05) is 62.4 Å². The number of carbonyl (C=O) groups is 2. The molecule has 0 aromatic heterocycles. The highest BCUT2D eigenvalue weighted by atomic mass is 16.2. The first-order chi connectivity index (χ1) is 11.0. The molecular formula is C19H18N2O2. The van der Waals surface area contributed by atoms with Crippen molar-refractivity contribution in [1.29, 1.82) is 0 Å². The lowest BCUT2D eigenvalue weighted by Gasteiger charge is -2.30. The number of fused-ring (bicyclic) bond motifs is 5. The van der Waals surface area contributed by atoms with Crippen molar-refractivity contribution in [2.75, 3.05) is 7.05 Å². The molecule has 1 fully saturated rings. The Labute approximate surface area is 135 Å². The van der Waals surface area contributed by atoms with Crippen molar-refractivity contribution in [1.82, 2.24) is 9.80 Å². The van der Waals surface area contributed by atoms with E-state index in [2.05, 4.69) is 0 Å². The molecule has 0 saturated carbocycles. The SMILES string of the molecule is CC(C)N1C(=O)N(C)C2(C1=O)c1ccccc1-c1ccccc12.